The van der Waals surface area contributed by atoms with E-state index in [4.69, 9.17) is 0 Å². The number of benzene rings is 1. The minimum absolute atomic E-state index is 0.384. The van der Waals surface area contributed by atoms with Gasteiger partial charge in [0.2, 0.25) is 5.91 Å². The van der Waals surface area contributed by atoms with Gasteiger partial charge in [0.15, 0.2) is 0 Å². The van der Waals surface area contributed by atoms with E-state index in [9.17, 15) is 4.79 Å². The van der Waals surface area contributed by atoms with Gasteiger partial charge in [-0.25, -0.2) is 0 Å². The molecular formula is C20H31NO. The minimum atomic E-state index is 0.384. The van der Waals surface area contributed by atoms with Gasteiger partial charge in [0.05, 0.1) is 0 Å². The summed E-state index contributed by atoms with van der Waals surface area (Å²) in [6, 6.07) is 10.7. The van der Waals surface area contributed by atoms with Crippen LogP contribution in [0.25, 0.3) is 0 Å². The molecular weight excluding hydrogens is 270 g/mol. The van der Waals surface area contributed by atoms with E-state index in [1.165, 1.54) is 37.7 Å². The number of likely N-dealkylation sites (tertiary alicyclic amines) is 1. The maximum Gasteiger partial charge on any atom is 0.222 e. The highest BCUT2D eigenvalue weighted by atomic mass is 16.2. The van der Waals surface area contributed by atoms with Crippen molar-refractivity contribution in [1.29, 1.82) is 0 Å². The predicted octanol–water partition coefficient (Wildman–Crippen LogP) is 4.83. The fourth-order valence-corrected chi connectivity index (χ4v) is 3.37. The van der Waals surface area contributed by atoms with Gasteiger partial charge in [-0.15, -0.1) is 0 Å². The standard InChI is InChI=1S/C20H31NO/c1-2-3-4-5-9-12-20(22)21-15-13-19(14-16-21)17-18-10-7-6-8-11-18/h6-8,10-11,19H,2-5,9,12-17H2,1H3. The molecule has 0 bridgehead atoms. The lowest BCUT2D eigenvalue weighted by Gasteiger charge is -2.32. The Balaban J connectivity index is 1.63. The van der Waals surface area contributed by atoms with Crippen LogP contribution in [0.2, 0.25) is 0 Å². The molecule has 1 aliphatic heterocycles. The molecule has 2 rings (SSSR count). The number of carbonyl (C=O) groups excluding carboxylic acids is 1. The Morgan fingerprint density at radius 2 is 1.73 bits per heavy atom. The zero-order valence-electron chi connectivity index (χ0n) is 14.1. The lowest BCUT2D eigenvalue weighted by molar-refractivity contribution is -0.132. The van der Waals surface area contributed by atoms with Crippen LogP contribution < -0.4 is 0 Å². The Hall–Kier alpha value is -1.31. The molecule has 0 aliphatic carbocycles. The number of carbonyl (C=O) groups is 1. The number of unbranched alkanes of at least 4 members (excludes halogenated alkanes) is 4. The highest BCUT2D eigenvalue weighted by molar-refractivity contribution is 5.76. The average molecular weight is 301 g/mol. The van der Waals surface area contributed by atoms with Gasteiger partial charge in [-0.2, -0.15) is 0 Å². The van der Waals surface area contributed by atoms with E-state index in [1.807, 2.05) is 0 Å². The zero-order chi connectivity index (χ0) is 15.6. The molecule has 22 heavy (non-hydrogen) atoms. The maximum absolute atomic E-state index is 12.2. The number of nitrogens with zero attached hydrogens (tertiary/aromatic N) is 1. The van der Waals surface area contributed by atoms with Gasteiger partial charge in [-0.05, 0) is 37.2 Å². The first-order valence-electron chi connectivity index (χ1n) is 9.11. The van der Waals surface area contributed by atoms with Crippen LogP contribution in [0.3, 0.4) is 0 Å². The lowest BCUT2D eigenvalue weighted by atomic mass is 9.90. The topological polar surface area (TPSA) is 20.3 Å². The van der Waals surface area contributed by atoms with Crippen molar-refractivity contribution in [2.75, 3.05) is 13.1 Å². The molecule has 1 saturated heterocycles. The monoisotopic (exact) mass is 301 g/mol. The van der Waals surface area contributed by atoms with Crippen LogP contribution in [-0.4, -0.2) is 23.9 Å². The van der Waals surface area contributed by atoms with Crippen molar-refractivity contribution in [1.82, 2.24) is 4.90 Å². The molecule has 1 aromatic carbocycles. The van der Waals surface area contributed by atoms with E-state index in [2.05, 4.69) is 42.2 Å². The zero-order valence-corrected chi connectivity index (χ0v) is 14.1. The highest BCUT2D eigenvalue weighted by Crippen LogP contribution is 2.22. The third kappa shape index (κ3) is 5.82. The van der Waals surface area contributed by atoms with Gasteiger partial charge in [-0.1, -0.05) is 62.9 Å². The van der Waals surface area contributed by atoms with Crippen molar-refractivity contribution in [3.63, 3.8) is 0 Å². The van der Waals surface area contributed by atoms with Crippen LogP contribution in [0, 0.1) is 5.92 Å². The van der Waals surface area contributed by atoms with E-state index in [1.54, 1.807) is 0 Å². The Bertz CT molecular complexity index is 421. The molecule has 2 nitrogen and oxygen atoms in total. The Kier molecular flexibility index (Phi) is 7.48. The van der Waals surface area contributed by atoms with E-state index in [-0.39, 0.29) is 0 Å². The number of amides is 1. The van der Waals surface area contributed by atoms with Gasteiger partial charge in [0.25, 0.3) is 0 Å². The normalized spacial score (nSPS) is 16.0. The van der Waals surface area contributed by atoms with E-state index >= 15 is 0 Å². The Morgan fingerprint density at radius 1 is 1.05 bits per heavy atom. The SMILES string of the molecule is CCCCCCCC(=O)N1CCC(Cc2ccccc2)CC1. The molecule has 2 heteroatoms. The molecule has 122 valence electrons. The number of hydrogen-bond donors (Lipinski definition) is 0. The molecule has 0 N–H and O–H groups in total. The summed E-state index contributed by atoms with van der Waals surface area (Å²) < 4.78 is 0. The van der Waals surface area contributed by atoms with Crippen molar-refractivity contribution >= 4 is 5.91 Å². The van der Waals surface area contributed by atoms with Crippen molar-refractivity contribution in [3.8, 4) is 0 Å². The summed E-state index contributed by atoms with van der Waals surface area (Å²) in [5.74, 6) is 1.13. The summed E-state index contributed by atoms with van der Waals surface area (Å²) in [5.41, 5.74) is 1.43. The molecule has 1 fully saturated rings. The summed E-state index contributed by atoms with van der Waals surface area (Å²) in [5, 5.41) is 0. The van der Waals surface area contributed by atoms with Crippen molar-refractivity contribution in [2.45, 2.75) is 64.7 Å². The molecule has 1 aliphatic rings. The largest absolute Gasteiger partial charge is 0.343 e. The van der Waals surface area contributed by atoms with E-state index < -0.39 is 0 Å². The smallest absolute Gasteiger partial charge is 0.222 e. The van der Waals surface area contributed by atoms with Crippen molar-refractivity contribution in [3.05, 3.63) is 35.9 Å². The van der Waals surface area contributed by atoms with Crippen LogP contribution in [0.5, 0.6) is 0 Å². The van der Waals surface area contributed by atoms with Gasteiger partial charge >= 0.3 is 0 Å². The van der Waals surface area contributed by atoms with Crippen LogP contribution >= 0.6 is 0 Å². The van der Waals surface area contributed by atoms with Gasteiger partial charge in [-0.3, -0.25) is 4.79 Å². The van der Waals surface area contributed by atoms with Crippen LogP contribution in [0.1, 0.15) is 63.9 Å². The molecule has 0 radical (unpaired) electrons. The lowest BCUT2D eigenvalue weighted by Crippen LogP contribution is -2.38. The minimum Gasteiger partial charge on any atom is -0.343 e. The molecule has 0 unspecified atom stereocenters. The van der Waals surface area contributed by atoms with Gasteiger partial charge < -0.3 is 4.90 Å². The quantitative estimate of drug-likeness (QED) is 0.630. The number of piperidine rings is 1. The highest BCUT2D eigenvalue weighted by Gasteiger charge is 2.22. The molecule has 1 amide bonds. The number of rotatable bonds is 8. The van der Waals surface area contributed by atoms with Crippen LogP contribution in [0.15, 0.2) is 30.3 Å². The predicted molar refractivity (Wildman–Crippen MR) is 92.8 cm³/mol. The first-order valence-corrected chi connectivity index (χ1v) is 9.11. The maximum atomic E-state index is 12.2. The number of hydrogen-bond acceptors (Lipinski definition) is 1. The van der Waals surface area contributed by atoms with E-state index in [0.717, 1.165) is 44.7 Å². The third-order valence-corrected chi connectivity index (χ3v) is 4.83. The Labute approximate surface area is 135 Å². The first kappa shape index (κ1) is 17.1. The molecule has 0 aromatic heterocycles. The fraction of sp³-hybridized carbons (Fsp3) is 0.650. The second kappa shape index (κ2) is 9.66. The average Bonchev–Trinajstić information content (AvgIpc) is 2.56. The molecule has 0 atom stereocenters. The summed E-state index contributed by atoms with van der Waals surface area (Å²) in [4.78, 5) is 14.3. The molecule has 1 heterocycles. The van der Waals surface area contributed by atoms with E-state index in [0.29, 0.717) is 5.91 Å². The van der Waals surface area contributed by atoms with Crippen LogP contribution in [-0.2, 0) is 11.2 Å². The summed E-state index contributed by atoms with van der Waals surface area (Å²) in [7, 11) is 0. The molecule has 1 aromatic rings. The summed E-state index contributed by atoms with van der Waals surface area (Å²) in [6.45, 7) is 4.15. The van der Waals surface area contributed by atoms with Crippen molar-refractivity contribution < 1.29 is 4.79 Å². The fourth-order valence-electron chi connectivity index (χ4n) is 3.37. The second-order valence-corrected chi connectivity index (χ2v) is 6.68. The van der Waals surface area contributed by atoms with Gasteiger partial charge in [0.1, 0.15) is 0 Å². The Morgan fingerprint density at radius 3 is 2.41 bits per heavy atom. The third-order valence-electron chi connectivity index (χ3n) is 4.83. The second-order valence-electron chi connectivity index (χ2n) is 6.68. The molecule has 0 saturated carbocycles. The van der Waals surface area contributed by atoms with Gasteiger partial charge in [0, 0.05) is 19.5 Å². The van der Waals surface area contributed by atoms with Crippen molar-refractivity contribution in [2.24, 2.45) is 5.92 Å². The first-order chi connectivity index (χ1) is 10.8. The molecule has 0 spiro atoms. The summed E-state index contributed by atoms with van der Waals surface area (Å²) >= 11 is 0. The summed E-state index contributed by atoms with van der Waals surface area (Å²) in [6.07, 6.45) is 10.4. The van der Waals surface area contributed by atoms with Crippen LogP contribution in [0.4, 0.5) is 0 Å².